The van der Waals surface area contributed by atoms with E-state index in [2.05, 4.69) is 0 Å². The fourth-order valence-corrected chi connectivity index (χ4v) is 3.12. The molecule has 0 radical (unpaired) electrons. The third kappa shape index (κ3) is 4.39. The maximum absolute atomic E-state index is 13.9. The molecule has 0 fully saturated rings. The molecule has 0 aliphatic rings. The number of carbonyl (C=O) groups excluding carboxylic acids is 2. The summed E-state index contributed by atoms with van der Waals surface area (Å²) in [4.78, 5) is 23.6. The van der Waals surface area contributed by atoms with E-state index in [0.29, 0.717) is 6.07 Å². The Kier molecular flexibility index (Phi) is 5.89. The monoisotopic (exact) mass is 450 g/mol. The molecule has 0 aliphatic carbocycles. The second kappa shape index (κ2) is 8.29. The molecular formula is C22H15F5N2O3. The van der Waals surface area contributed by atoms with E-state index in [0.717, 1.165) is 30.3 Å². The van der Waals surface area contributed by atoms with Crippen molar-refractivity contribution in [1.29, 1.82) is 0 Å². The molecule has 3 rings (SSSR count). The molecule has 0 saturated heterocycles. The van der Waals surface area contributed by atoms with Crippen molar-refractivity contribution in [3.63, 3.8) is 0 Å². The van der Waals surface area contributed by atoms with E-state index in [1.807, 2.05) is 0 Å². The number of hydrogen-bond acceptors (Lipinski definition) is 3. The van der Waals surface area contributed by atoms with Crippen LogP contribution in [-0.2, 0) is 6.18 Å². The summed E-state index contributed by atoms with van der Waals surface area (Å²) in [7, 11) is 0. The molecule has 0 bridgehead atoms. The minimum Gasteiger partial charge on any atom is -0.456 e. The number of ether oxygens (including phenoxy) is 1. The topological polar surface area (TPSA) is 95.4 Å². The van der Waals surface area contributed by atoms with Gasteiger partial charge in [-0.15, -0.1) is 0 Å². The van der Waals surface area contributed by atoms with Crippen LogP contribution in [-0.4, -0.2) is 11.8 Å². The zero-order valence-electron chi connectivity index (χ0n) is 16.4. The third-order valence-electron chi connectivity index (χ3n) is 4.60. The van der Waals surface area contributed by atoms with Crippen molar-refractivity contribution in [3.8, 4) is 22.6 Å². The largest absolute Gasteiger partial charge is 0.456 e. The van der Waals surface area contributed by atoms with Gasteiger partial charge in [0.25, 0.3) is 11.8 Å². The van der Waals surface area contributed by atoms with Crippen molar-refractivity contribution in [1.82, 2.24) is 0 Å². The Bertz CT molecular complexity index is 1240. The number of primary amides is 2. The first kappa shape index (κ1) is 22.7. The van der Waals surface area contributed by atoms with Crippen LogP contribution in [0.4, 0.5) is 22.0 Å². The van der Waals surface area contributed by atoms with Gasteiger partial charge in [0.15, 0.2) is 0 Å². The van der Waals surface area contributed by atoms with Gasteiger partial charge >= 0.3 is 6.18 Å². The smallest absolute Gasteiger partial charge is 0.417 e. The summed E-state index contributed by atoms with van der Waals surface area (Å²) in [5.74, 6) is -4.75. The Balaban J connectivity index is 2.35. The number of carbonyl (C=O) groups is 2. The van der Waals surface area contributed by atoms with Crippen LogP contribution in [0.25, 0.3) is 11.1 Å². The lowest BCUT2D eigenvalue weighted by Gasteiger charge is -2.20. The first-order valence-corrected chi connectivity index (χ1v) is 8.98. The Morgan fingerprint density at radius 1 is 0.906 bits per heavy atom. The second-order valence-corrected chi connectivity index (χ2v) is 6.80. The van der Waals surface area contributed by atoms with Crippen molar-refractivity contribution < 1.29 is 36.3 Å². The maximum Gasteiger partial charge on any atom is 0.417 e. The average Bonchev–Trinajstić information content (AvgIpc) is 2.69. The molecule has 32 heavy (non-hydrogen) atoms. The van der Waals surface area contributed by atoms with E-state index >= 15 is 0 Å². The van der Waals surface area contributed by atoms with Gasteiger partial charge in [0.05, 0.1) is 16.7 Å². The lowest BCUT2D eigenvalue weighted by molar-refractivity contribution is -0.138. The average molecular weight is 450 g/mol. The Morgan fingerprint density at radius 3 is 2.16 bits per heavy atom. The lowest BCUT2D eigenvalue weighted by Crippen LogP contribution is -2.20. The molecule has 2 amide bonds. The van der Waals surface area contributed by atoms with Gasteiger partial charge in [-0.3, -0.25) is 9.59 Å². The van der Waals surface area contributed by atoms with Gasteiger partial charge in [0, 0.05) is 5.56 Å². The molecular weight excluding hydrogens is 435 g/mol. The van der Waals surface area contributed by atoms with Crippen LogP contribution >= 0.6 is 0 Å². The van der Waals surface area contributed by atoms with Gasteiger partial charge in [-0.05, 0) is 60.5 Å². The van der Waals surface area contributed by atoms with Crippen LogP contribution in [0.15, 0.2) is 48.5 Å². The molecule has 0 saturated carbocycles. The highest BCUT2D eigenvalue weighted by Gasteiger charge is 2.38. The quantitative estimate of drug-likeness (QED) is 0.539. The van der Waals surface area contributed by atoms with Crippen LogP contribution in [0, 0.1) is 18.6 Å². The molecule has 10 heteroatoms. The standard InChI is InChI=1S/C22H15F5N2O3/c1-10-8-12(23)3-7-17(10)32-19-13(11-2-6-16(24)14(9-11)20(28)30)4-5-15(22(25,26)27)18(19)21(29)31/h2-9H,1H3,(H2,28,30)(H2,29,31). The molecule has 5 nitrogen and oxygen atoms in total. The number of alkyl halides is 3. The molecule has 3 aromatic carbocycles. The summed E-state index contributed by atoms with van der Waals surface area (Å²) in [5.41, 5.74) is 7.70. The molecule has 0 aliphatic heterocycles. The van der Waals surface area contributed by atoms with Gasteiger partial charge in [-0.1, -0.05) is 6.07 Å². The summed E-state index contributed by atoms with van der Waals surface area (Å²) in [6.07, 6.45) is -4.96. The Labute approximate surface area is 178 Å². The van der Waals surface area contributed by atoms with Crippen LogP contribution in [0.5, 0.6) is 11.5 Å². The Hall–Kier alpha value is -3.95. The molecule has 0 unspecified atom stereocenters. The summed E-state index contributed by atoms with van der Waals surface area (Å²) < 4.78 is 73.8. The Morgan fingerprint density at radius 2 is 1.59 bits per heavy atom. The van der Waals surface area contributed by atoms with Crippen LogP contribution in [0.2, 0.25) is 0 Å². The summed E-state index contributed by atoms with van der Waals surface area (Å²) >= 11 is 0. The summed E-state index contributed by atoms with van der Waals surface area (Å²) in [6.45, 7) is 1.44. The predicted octanol–water partition coefficient (Wildman–Crippen LogP) is 4.95. The zero-order valence-corrected chi connectivity index (χ0v) is 16.4. The SMILES string of the molecule is Cc1cc(F)ccc1Oc1c(-c2ccc(F)c(C(N)=O)c2)ccc(C(F)(F)F)c1C(N)=O. The van der Waals surface area contributed by atoms with Crippen LogP contribution in [0.1, 0.15) is 31.8 Å². The van der Waals surface area contributed by atoms with E-state index in [1.54, 1.807) is 0 Å². The lowest BCUT2D eigenvalue weighted by atomic mass is 9.95. The number of benzene rings is 3. The molecule has 0 spiro atoms. The number of aryl methyl sites for hydroxylation is 1. The van der Waals surface area contributed by atoms with E-state index in [9.17, 15) is 31.5 Å². The molecule has 3 aromatic rings. The number of nitrogens with two attached hydrogens (primary N) is 2. The molecule has 0 heterocycles. The summed E-state index contributed by atoms with van der Waals surface area (Å²) in [6, 6.07) is 7.94. The highest BCUT2D eigenvalue weighted by atomic mass is 19.4. The van der Waals surface area contributed by atoms with Crippen molar-refractivity contribution in [3.05, 3.63) is 82.4 Å². The fourth-order valence-electron chi connectivity index (χ4n) is 3.12. The van der Waals surface area contributed by atoms with Gasteiger partial charge in [-0.2, -0.15) is 13.2 Å². The van der Waals surface area contributed by atoms with Crippen molar-refractivity contribution in [2.24, 2.45) is 11.5 Å². The van der Waals surface area contributed by atoms with Crippen LogP contribution < -0.4 is 16.2 Å². The molecule has 4 N–H and O–H groups in total. The highest BCUT2D eigenvalue weighted by Crippen LogP contribution is 2.43. The molecule has 0 atom stereocenters. The third-order valence-corrected chi connectivity index (χ3v) is 4.60. The molecule has 166 valence electrons. The number of amides is 2. The number of hydrogen-bond donors (Lipinski definition) is 2. The maximum atomic E-state index is 13.9. The first-order valence-electron chi connectivity index (χ1n) is 8.98. The fraction of sp³-hybridized carbons (Fsp3) is 0.0909. The van der Waals surface area contributed by atoms with E-state index < -0.39 is 52.1 Å². The van der Waals surface area contributed by atoms with Crippen molar-refractivity contribution in [2.75, 3.05) is 0 Å². The molecule has 0 aromatic heterocycles. The highest BCUT2D eigenvalue weighted by molar-refractivity contribution is 6.01. The van der Waals surface area contributed by atoms with E-state index in [4.69, 9.17) is 16.2 Å². The summed E-state index contributed by atoms with van der Waals surface area (Å²) in [5, 5.41) is 0. The first-order chi connectivity index (χ1) is 14.9. The van der Waals surface area contributed by atoms with Crippen molar-refractivity contribution in [2.45, 2.75) is 13.1 Å². The predicted molar refractivity (Wildman–Crippen MR) is 105 cm³/mol. The zero-order chi connectivity index (χ0) is 23.8. The normalized spacial score (nSPS) is 11.3. The van der Waals surface area contributed by atoms with E-state index in [1.165, 1.54) is 19.1 Å². The van der Waals surface area contributed by atoms with Crippen LogP contribution in [0.3, 0.4) is 0 Å². The van der Waals surface area contributed by atoms with Gasteiger partial charge < -0.3 is 16.2 Å². The van der Waals surface area contributed by atoms with E-state index in [-0.39, 0.29) is 22.4 Å². The minimum atomic E-state index is -4.96. The van der Waals surface area contributed by atoms with Gasteiger partial charge in [0.1, 0.15) is 23.1 Å². The minimum absolute atomic E-state index is 0.0335. The number of halogens is 5. The van der Waals surface area contributed by atoms with Gasteiger partial charge in [0.2, 0.25) is 0 Å². The van der Waals surface area contributed by atoms with Crippen molar-refractivity contribution >= 4 is 11.8 Å². The second-order valence-electron chi connectivity index (χ2n) is 6.80. The van der Waals surface area contributed by atoms with Gasteiger partial charge in [-0.25, -0.2) is 8.78 Å². The number of rotatable bonds is 5.